The molecule has 0 saturated heterocycles. The number of rotatable bonds is 3. The molecule has 2 atom stereocenters. The maximum atomic E-state index is 15.7. The summed E-state index contributed by atoms with van der Waals surface area (Å²) < 4.78 is 45.0. The van der Waals surface area contributed by atoms with Crippen molar-refractivity contribution in [2.45, 2.75) is 64.0 Å². The van der Waals surface area contributed by atoms with Gasteiger partial charge in [-0.05, 0) is 55.7 Å². The van der Waals surface area contributed by atoms with Crippen molar-refractivity contribution in [2.75, 3.05) is 0 Å². The van der Waals surface area contributed by atoms with Crippen molar-refractivity contribution in [2.24, 2.45) is 0 Å². The number of carboxylic acids is 1. The molecule has 0 spiro atoms. The Kier molecular flexibility index (Phi) is 6.65. The lowest BCUT2D eigenvalue weighted by atomic mass is 9.65. The van der Waals surface area contributed by atoms with Crippen LogP contribution in [0.1, 0.15) is 63.8 Å². The third-order valence-electron chi connectivity index (χ3n) is 6.20. The van der Waals surface area contributed by atoms with Gasteiger partial charge in [0, 0.05) is 5.57 Å². The van der Waals surface area contributed by atoms with Crippen LogP contribution in [-0.4, -0.2) is 17.2 Å². The zero-order valence-corrected chi connectivity index (χ0v) is 21.7. The van der Waals surface area contributed by atoms with E-state index in [1.807, 2.05) is 41.5 Å². The number of allylic oxidation sites excluding steroid dienone is 3. The summed E-state index contributed by atoms with van der Waals surface area (Å²) in [6, 6.07) is 13.4. The van der Waals surface area contributed by atoms with Gasteiger partial charge in [0.15, 0.2) is 23.2 Å². The molecule has 176 valence electrons. The molecule has 1 N–H and O–H groups in total. The lowest BCUT2D eigenvalue weighted by Gasteiger charge is -2.39. The molecule has 6 heteroatoms. The highest BCUT2D eigenvalue weighted by molar-refractivity contribution is 14.1. The molecule has 1 aliphatic rings. The van der Waals surface area contributed by atoms with E-state index in [9.17, 15) is 18.7 Å². The molecule has 0 aromatic heterocycles. The van der Waals surface area contributed by atoms with Crippen molar-refractivity contribution in [3.63, 3.8) is 0 Å². The number of hydrogen-bond acceptors (Lipinski definition) is 1. The summed E-state index contributed by atoms with van der Waals surface area (Å²) in [5.74, 6) is -4.64. The summed E-state index contributed by atoms with van der Waals surface area (Å²) in [6.07, 6.45) is -2.72. The van der Waals surface area contributed by atoms with E-state index in [-0.39, 0.29) is 25.5 Å². The van der Waals surface area contributed by atoms with Crippen LogP contribution in [0.5, 0.6) is 0 Å². The number of carbonyl (C=O) groups is 1. The van der Waals surface area contributed by atoms with Gasteiger partial charge < -0.3 is 5.11 Å². The van der Waals surface area contributed by atoms with Gasteiger partial charge in [0.05, 0.1) is 3.58 Å². The summed E-state index contributed by atoms with van der Waals surface area (Å²) in [5, 5.41) is 10.4. The fourth-order valence-corrected chi connectivity index (χ4v) is 5.16. The Hall–Kier alpha value is -2.09. The maximum Gasteiger partial charge on any atom is 0.322 e. The van der Waals surface area contributed by atoms with Crippen molar-refractivity contribution in [1.29, 1.82) is 0 Å². The Balaban J connectivity index is 2.34. The van der Waals surface area contributed by atoms with Gasteiger partial charge >= 0.3 is 5.97 Å². The topological polar surface area (TPSA) is 37.3 Å². The molecule has 1 aliphatic carbocycles. The zero-order valence-electron chi connectivity index (χ0n) is 19.6. The Morgan fingerprint density at radius 1 is 0.879 bits per heavy atom. The van der Waals surface area contributed by atoms with Crippen LogP contribution in [0.2, 0.25) is 0 Å². The van der Waals surface area contributed by atoms with E-state index in [0.29, 0.717) is 5.56 Å². The predicted octanol–water partition coefficient (Wildman–Crippen LogP) is 7.95. The first-order valence-corrected chi connectivity index (χ1v) is 11.8. The molecule has 0 saturated carbocycles. The first-order chi connectivity index (χ1) is 15.1. The molecule has 2 aromatic carbocycles. The molecule has 2 aromatic rings. The van der Waals surface area contributed by atoms with E-state index < -0.39 is 29.2 Å². The third kappa shape index (κ3) is 4.27. The smallest absolute Gasteiger partial charge is 0.322 e. The Morgan fingerprint density at radius 2 is 1.30 bits per heavy atom. The number of aliphatic carboxylic acids is 1. The summed E-state index contributed by atoms with van der Waals surface area (Å²) >= 11 is 1.58. The van der Waals surface area contributed by atoms with Gasteiger partial charge in [-0.2, -0.15) is 0 Å². The fraction of sp³-hybridized carbons (Fsp3) is 0.370. The lowest BCUT2D eigenvalue weighted by Crippen LogP contribution is -2.48. The number of benzene rings is 2. The fourth-order valence-electron chi connectivity index (χ4n) is 4.17. The van der Waals surface area contributed by atoms with Crippen LogP contribution >= 0.6 is 22.6 Å². The van der Waals surface area contributed by atoms with Gasteiger partial charge in [0.25, 0.3) is 0 Å². The summed E-state index contributed by atoms with van der Waals surface area (Å²) in [5.41, 5.74) is -0.631. The quantitative estimate of drug-likeness (QED) is 0.382. The van der Waals surface area contributed by atoms with Crippen molar-refractivity contribution >= 4 is 34.1 Å². The second-order valence-electron chi connectivity index (χ2n) is 10.5. The minimum absolute atomic E-state index is 0.0576. The van der Waals surface area contributed by atoms with Crippen LogP contribution in [-0.2, 0) is 21.0 Å². The summed E-state index contributed by atoms with van der Waals surface area (Å²) in [7, 11) is 0. The molecule has 2 nitrogen and oxygen atoms in total. The van der Waals surface area contributed by atoms with Crippen molar-refractivity contribution in [3.05, 3.63) is 86.0 Å². The van der Waals surface area contributed by atoms with E-state index >= 15 is 4.39 Å². The molecular formula is C27H28F3IO2. The highest BCUT2D eigenvalue weighted by atomic mass is 127. The highest BCUT2D eigenvalue weighted by Crippen LogP contribution is 2.54. The number of halogens is 4. The van der Waals surface area contributed by atoms with Gasteiger partial charge in [-0.3, -0.25) is 4.79 Å². The second kappa shape index (κ2) is 8.60. The number of carboxylic acid groups (broad SMARTS) is 1. The van der Waals surface area contributed by atoms with E-state index in [1.54, 1.807) is 59.0 Å². The van der Waals surface area contributed by atoms with Gasteiger partial charge in [-0.1, -0.05) is 90.1 Å². The highest BCUT2D eigenvalue weighted by Gasteiger charge is 2.58. The minimum atomic E-state index is -2.72. The van der Waals surface area contributed by atoms with Gasteiger partial charge in [0.1, 0.15) is 0 Å². The monoisotopic (exact) mass is 568 g/mol. The Bertz CT molecular complexity index is 1130. The zero-order chi connectivity index (χ0) is 24.9. The summed E-state index contributed by atoms with van der Waals surface area (Å²) in [4.78, 5) is 12.8. The third-order valence-corrected chi connectivity index (χ3v) is 7.22. The van der Waals surface area contributed by atoms with Crippen molar-refractivity contribution < 1.29 is 23.1 Å². The molecule has 0 amide bonds. The SMILES string of the molecule is CC(C)(C)c1ccc(C2=C(I)C(F)=C(F)C(F)C2(C(=O)O)c2ccc(C(C)(C)C)cc2)cc1. The van der Waals surface area contributed by atoms with Crippen molar-refractivity contribution in [3.8, 4) is 0 Å². The molecular weight excluding hydrogens is 540 g/mol. The normalized spacial score (nSPS) is 22.1. The van der Waals surface area contributed by atoms with E-state index in [2.05, 4.69) is 0 Å². The van der Waals surface area contributed by atoms with Crippen LogP contribution in [0.3, 0.4) is 0 Å². The molecule has 0 aliphatic heterocycles. The van der Waals surface area contributed by atoms with Crippen LogP contribution < -0.4 is 0 Å². The molecule has 3 rings (SSSR count). The van der Waals surface area contributed by atoms with Gasteiger partial charge in [-0.15, -0.1) is 0 Å². The first kappa shape index (κ1) is 25.5. The predicted molar refractivity (Wildman–Crippen MR) is 135 cm³/mol. The number of hydrogen-bond donors (Lipinski definition) is 1. The molecule has 0 bridgehead atoms. The maximum absolute atomic E-state index is 15.7. The average molecular weight is 568 g/mol. The van der Waals surface area contributed by atoms with E-state index in [1.165, 1.54) is 12.1 Å². The molecule has 2 unspecified atom stereocenters. The first-order valence-electron chi connectivity index (χ1n) is 10.7. The Morgan fingerprint density at radius 3 is 1.70 bits per heavy atom. The number of alkyl halides is 1. The van der Waals surface area contributed by atoms with Crippen LogP contribution in [0.25, 0.3) is 5.57 Å². The minimum Gasteiger partial charge on any atom is -0.480 e. The molecule has 0 radical (unpaired) electrons. The van der Waals surface area contributed by atoms with E-state index in [0.717, 1.165) is 11.1 Å². The van der Waals surface area contributed by atoms with Crippen molar-refractivity contribution in [1.82, 2.24) is 0 Å². The summed E-state index contributed by atoms with van der Waals surface area (Å²) in [6.45, 7) is 12.1. The molecule has 0 heterocycles. The van der Waals surface area contributed by atoms with E-state index in [4.69, 9.17) is 0 Å². The molecule has 0 fully saturated rings. The van der Waals surface area contributed by atoms with Gasteiger partial charge in [0.2, 0.25) is 0 Å². The van der Waals surface area contributed by atoms with Gasteiger partial charge in [-0.25, -0.2) is 13.2 Å². The lowest BCUT2D eigenvalue weighted by molar-refractivity contribution is -0.143. The Labute approximate surface area is 206 Å². The average Bonchev–Trinajstić information content (AvgIpc) is 2.73. The van der Waals surface area contributed by atoms with Crippen LogP contribution in [0.4, 0.5) is 13.2 Å². The standard InChI is InChI=1S/C27H28F3IO2/c1-25(2,3)16-9-7-15(8-10-16)19-22(31)20(28)21(29)23(30)27(19,24(32)33)18-13-11-17(12-14-18)26(4,5)6/h7-14,23H,1-6H3,(H,32,33). The van der Waals surface area contributed by atoms with Crippen LogP contribution in [0.15, 0.2) is 63.8 Å². The largest absolute Gasteiger partial charge is 0.480 e. The van der Waals surface area contributed by atoms with Crippen LogP contribution in [0, 0.1) is 0 Å². The second-order valence-corrected chi connectivity index (χ2v) is 11.6. The molecule has 33 heavy (non-hydrogen) atoms.